The van der Waals surface area contributed by atoms with Crippen LogP contribution in [0.2, 0.25) is 0 Å². The van der Waals surface area contributed by atoms with E-state index >= 15 is 0 Å². The molecule has 98 valence electrons. The van der Waals surface area contributed by atoms with Crippen molar-refractivity contribution in [2.45, 2.75) is 25.3 Å². The minimum absolute atomic E-state index is 0.305. The number of aromatic carboxylic acids is 1. The Balaban J connectivity index is 1.83. The number of carboxylic acid groups (broad SMARTS) is 1. The third-order valence-electron chi connectivity index (χ3n) is 3.50. The molecule has 2 N–H and O–H groups in total. The molecular weight excluding hydrogens is 258 g/mol. The number of aryl methyl sites for hydroxylation is 1. The maximum absolute atomic E-state index is 11.0. The van der Waals surface area contributed by atoms with E-state index in [1.54, 1.807) is 18.2 Å². The first-order valence-corrected chi connectivity index (χ1v) is 7.28. The van der Waals surface area contributed by atoms with Gasteiger partial charge in [0.05, 0.1) is 11.6 Å². The summed E-state index contributed by atoms with van der Waals surface area (Å²) in [5.74, 6) is -0.886. The average Bonchev–Trinajstić information content (AvgIpc) is 2.88. The molecule has 0 fully saturated rings. The van der Waals surface area contributed by atoms with Crippen LogP contribution in [0, 0.1) is 0 Å². The second-order valence-corrected chi connectivity index (χ2v) is 5.77. The van der Waals surface area contributed by atoms with Crippen LogP contribution in [-0.4, -0.2) is 11.1 Å². The summed E-state index contributed by atoms with van der Waals surface area (Å²) in [6.07, 6.45) is 3.45. The molecule has 0 aliphatic heterocycles. The number of carbonyl (C=O) groups is 1. The van der Waals surface area contributed by atoms with Gasteiger partial charge in [-0.1, -0.05) is 6.07 Å². The van der Waals surface area contributed by atoms with Gasteiger partial charge in [-0.05, 0) is 54.5 Å². The zero-order valence-electron chi connectivity index (χ0n) is 10.4. The lowest BCUT2D eigenvalue weighted by Crippen LogP contribution is -2.15. The highest BCUT2D eigenvalue weighted by atomic mass is 32.1. The lowest BCUT2D eigenvalue weighted by Gasteiger charge is -2.24. The lowest BCUT2D eigenvalue weighted by atomic mass is 9.94. The fraction of sp³-hybridized carbons (Fsp3) is 0.267. The Hall–Kier alpha value is -1.81. The largest absolute Gasteiger partial charge is 0.478 e. The van der Waals surface area contributed by atoms with Crippen LogP contribution in [0.1, 0.15) is 39.7 Å². The summed E-state index contributed by atoms with van der Waals surface area (Å²) >= 11 is 1.81. The molecule has 0 bridgehead atoms. The fourth-order valence-electron chi connectivity index (χ4n) is 2.58. The number of anilines is 1. The van der Waals surface area contributed by atoms with Gasteiger partial charge >= 0.3 is 5.97 Å². The standard InChI is InChI=1S/C15H15NO2S/c17-15(18)10-3-1-4-11(9-10)16-13-5-2-6-14-12(13)7-8-19-14/h1,3-4,7-9,13,16H,2,5-6H2,(H,17,18). The minimum Gasteiger partial charge on any atom is -0.478 e. The van der Waals surface area contributed by atoms with E-state index in [0.717, 1.165) is 12.1 Å². The van der Waals surface area contributed by atoms with Gasteiger partial charge in [0.1, 0.15) is 0 Å². The number of hydrogen-bond acceptors (Lipinski definition) is 3. The van der Waals surface area contributed by atoms with Crippen molar-refractivity contribution in [3.63, 3.8) is 0 Å². The summed E-state index contributed by atoms with van der Waals surface area (Å²) in [4.78, 5) is 12.4. The lowest BCUT2D eigenvalue weighted by molar-refractivity contribution is 0.0697. The van der Waals surface area contributed by atoms with Crippen LogP contribution in [-0.2, 0) is 6.42 Å². The van der Waals surface area contributed by atoms with Crippen molar-refractivity contribution in [3.05, 3.63) is 51.7 Å². The molecule has 1 unspecified atom stereocenters. The van der Waals surface area contributed by atoms with Crippen molar-refractivity contribution in [1.82, 2.24) is 0 Å². The van der Waals surface area contributed by atoms with Crippen LogP contribution in [0.5, 0.6) is 0 Å². The highest BCUT2D eigenvalue weighted by Crippen LogP contribution is 2.35. The summed E-state index contributed by atoms with van der Waals surface area (Å²) in [6.45, 7) is 0. The summed E-state index contributed by atoms with van der Waals surface area (Å²) < 4.78 is 0. The Morgan fingerprint density at radius 2 is 2.26 bits per heavy atom. The Bertz CT molecular complexity index is 606. The molecule has 4 heteroatoms. The van der Waals surface area contributed by atoms with Crippen LogP contribution < -0.4 is 5.32 Å². The predicted molar refractivity (Wildman–Crippen MR) is 77.0 cm³/mol. The second-order valence-electron chi connectivity index (χ2n) is 4.77. The number of benzene rings is 1. The minimum atomic E-state index is -0.886. The van der Waals surface area contributed by atoms with Crippen LogP contribution in [0.15, 0.2) is 35.7 Å². The van der Waals surface area contributed by atoms with Crippen molar-refractivity contribution < 1.29 is 9.90 Å². The predicted octanol–water partition coefficient (Wildman–Crippen LogP) is 3.94. The number of fused-ring (bicyclic) bond motifs is 1. The van der Waals surface area contributed by atoms with E-state index in [0.29, 0.717) is 11.6 Å². The molecule has 1 heterocycles. The maximum atomic E-state index is 11.0. The molecule has 1 aliphatic carbocycles. The Morgan fingerprint density at radius 3 is 3.11 bits per heavy atom. The topological polar surface area (TPSA) is 49.3 Å². The molecule has 0 saturated carbocycles. The van der Waals surface area contributed by atoms with Crippen molar-refractivity contribution in [2.24, 2.45) is 0 Å². The number of hydrogen-bond donors (Lipinski definition) is 2. The summed E-state index contributed by atoms with van der Waals surface area (Å²) in [5, 5.41) is 14.6. The molecule has 3 nitrogen and oxygen atoms in total. The van der Waals surface area contributed by atoms with Gasteiger partial charge in [0.15, 0.2) is 0 Å². The highest BCUT2D eigenvalue weighted by molar-refractivity contribution is 7.10. The van der Waals surface area contributed by atoms with E-state index < -0.39 is 5.97 Å². The van der Waals surface area contributed by atoms with Gasteiger partial charge in [-0.25, -0.2) is 4.79 Å². The number of carboxylic acids is 1. The molecule has 0 amide bonds. The van der Waals surface area contributed by atoms with Crippen molar-refractivity contribution in [1.29, 1.82) is 0 Å². The van der Waals surface area contributed by atoms with Gasteiger partial charge in [0.2, 0.25) is 0 Å². The highest BCUT2D eigenvalue weighted by Gasteiger charge is 2.21. The number of thiophene rings is 1. The fourth-order valence-corrected chi connectivity index (χ4v) is 3.57. The molecular formula is C15H15NO2S. The first kappa shape index (κ1) is 12.2. The van der Waals surface area contributed by atoms with Gasteiger partial charge < -0.3 is 10.4 Å². The van der Waals surface area contributed by atoms with E-state index in [1.165, 1.54) is 23.3 Å². The Morgan fingerprint density at radius 1 is 1.37 bits per heavy atom. The Kier molecular flexibility index (Phi) is 3.25. The van der Waals surface area contributed by atoms with Gasteiger partial charge in [-0.2, -0.15) is 0 Å². The molecule has 1 aromatic heterocycles. The molecule has 3 rings (SSSR count). The molecule has 1 aliphatic rings. The first-order valence-electron chi connectivity index (χ1n) is 6.40. The van der Waals surface area contributed by atoms with E-state index in [4.69, 9.17) is 5.11 Å². The van der Waals surface area contributed by atoms with Crippen molar-refractivity contribution in [2.75, 3.05) is 5.32 Å². The molecule has 1 aromatic carbocycles. The summed E-state index contributed by atoms with van der Waals surface area (Å²) in [6, 6.07) is 9.50. The van der Waals surface area contributed by atoms with E-state index in [9.17, 15) is 4.79 Å². The van der Waals surface area contributed by atoms with Crippen LogP contribution in [0.4, 0.5) is 5.69 Å². The molecule has 1 atom stereocenters. The van der Waals surface area contributed by atoms with Crippen LogP contribution in [0.3, 0.4) is 0 Å². The zero-order valence-corrected chi connectivity index (χ0v) is 11.2. The van der Waals surface area contributed by atoms with Gasteiger partial charge in [0, 0.05) is 10.6 Å². The number of rotatable bonds is 3. The van der Waals surface area contributed by atoms with E-state index in [-0.39, 0.29) is 0 Å². The average molecular weight is 273 g/mol. The normalized spacial score (nSPS) is 17.8. The molecule has 19 heavy (non-hydrogen) atoms. The zero-order chi connectivity index (χ0) is 13.2. The molecule has 0 radical (unpaired) electrons. The van der Waals surface area contributed by atoms with Crippen LogP contribution in [0.25, 0.3) is 0 Å². The quantitative estimate of drug-likeness (QED) is 0.890. The smallest absolute Gasteiger partial charge is 0.335 e. The van der Waals surface area contributed by atoms with E-state index in [2.05, 4.69) is 16.8 Å². The molecule has 2 aromatic rings. The first-order chi connectivity index (χ1) is 9.24. The van der Waals surface area contributed by atoms with Gasteiger partial charge in [-0.15, -0.1) is 11.3 Å². The van der Waals surface area contributed by atoms with Crippen molar-refractivity contribution in [3.8, 4) is 0 Å². The molecule has 0 saturated heterocycles. The number of nitrogens with one attached hydrogen (secondary N) is 1. The van der Waals surface area contributed by atoms with Crippen molar-refractivity contribution >= 4 is 23.0 Å². The third kappa shape index (κ3) is 2.49. The SMILES string of the molecule is O=C(O)c1cccc(NC2CCCc3sccc32)c1. The van der Waals surface area contributed by atoms with Crippen LogP contribution >= 0.6 is 11.3 Å². The van der Waals surface area contributed by atoms with Gasteiger partial charge in [-0.3, -0.25) is 0 Å². The van der Waals surface area contributed by atoms with Gasteiger partial charge in [0.25, 0.3) is 0 Å². The molecule has 0 spiro atoms. The van der Waals surface area contributed by atoms with E-state index in [1.807, 2.05) is 17.4 Å². The summed E-state index contributed by atoms with van der Waals surface area (Å²) in [7, 11) is 0. The third-order valence-corrected chi connectivity index (χ3v) is 4.50. The monoisotopic (exact) mass is 273 g/mol. The summed E-state index contributed by atoms with van der Waals surface area (Å²) in [5.41, 5.74) is 2.58. The Labute approximate surface area is 115 Å². The maximum Gasteiger partial charge on any atom is 0.335 e. The second kappa shape index (κ2) is 5.05.